The maximum Gasteiger partial charge on any atom is 0.341 e. The van der Waals surface area contributed by atoms with Gasteiger partial charge in [-0.05, 0) is 35.1 Å². The van der Waals surface area contributed by atoms with Crippen molar-refractivity contribution < 1.29 is 19.4 Å². The molecule has 1 aromatic carbocycles. The largest absolute Gasteiger partial charge is 0.493 e. The van der Waals surface area contributed by atoms with Crippen molar-refractivity contribution in [1.82, 2.24) is 4.57 Å². The molecule has 6 heteroatoms. The number of pyridine rings is 1. The molecule has 0 amide bonds. The maximum absolute atomic E-state index is 12.8. The SMILES string of the molecule is COCCCOc1cc2c(cc1C1=C/C=C\C=C/C=C1)-c1cc(=O)c(C(=O)O)cn1[C@H](C(C)(C)C)C2. The Labute approximate surface area is 211 Å². The first kappa shape index (κ1) is 25.5. The normalized spacial score (nSPS) is 18.3. The fourth-order valence-corrected chi connectivity index (χ4v) is 4.72. The van der Waals surface area contributed by atoms with Crippen molar-refractivity contribution in [3.63, 3.8) is 0 Å². The number of ether oxygens (including phenoxy) is 2. The smallest absolute Gasteiger partial charge is 0.341 e. The molecule has 2 heterocycles. The monoisotopic (exact) mass is 487 g/mol. The number of aromatic carboxylic acids is 1. The molecule has 1 N–H and O–H groups in total. The van der Waals surface area contributed by atoms with Gasteiger partial charge in [0.2, 0.25) is 0 Å². The summed E-state index contributed by atoms with van der Waals surface area (Å²) in [6.07, 6.45) is 16.9. The number of hydrogen-bond donors (Lipinski definition) is 1. The van der Waals surface area contributed by atoms with E-state index >= 15 is 0 Å². The highest BCUT2D eigenvalue weighted by molar-refractivity contribution is 5.88. The van der Waals surface area contributed by atoms with E-state index in [2.05, 4.69) is 32.9 Å². The summed E-state index contributed by atoms with van der Waals surface area (Å²) in [5.41, 5.74) is 3.74. The highest BCUT2D eigenvalue weighted by atomic mass is 16.5. The van der Waals surface area contributed by atoms with Crippen molar-refractivity contribution in [2.24, 2.45) is 5.41 Å². The summed E-state index contributed by atoms with van der Waals surface area (Å²) in [4.78, 5) is 24.5. The number of rotatable bonds is 7. The lowest BCUT2D eigenvalue weighted by atomic mass is 9.78. The molecule has 1 aliphatic carbocycles. The van der Waals surface area contributed by atoms with Gasteiger partial charge in [0.25, 0.3) is 0 Å². The zero-order valence-electron chi connectivity index (χ0n) is 21.3. The van der Waals surface area contributed by atoms with Crippen LogP contribution < -0.4 is 10.2 Å². The van der Waals surface area contributed by atoms with Crippen LogP contribution in [0.3, 0.4) is 0 Å². The van der Waals surface area contributed by atoms with Gasteiger partial charge in [0.05, 0.1) is 12.3 Å². The number of methoxy groups -OCH3 is 1. The van der Waals surface area contributed by atoms with Crippen molar-refractivity contribution >= 4 is 11.5 Å². The quantitative estimate of drug-likeness (QED) is 0.497. The van der Waals surface area contributed by atoms with Gasteiger partial charge in [0.15, 0.2) is 5.43 Å². The van der Waals surface area contributed by atoms with Crippen LogP contribution in [0.1, 0.15) is 54.7 Å². The average molecular weight is 488 g/mol. The van der Waals surface area contributed by atoms with Gasteiger partial charge in [-0.15, -0.1) is 0 Å². The lowest BCUT2D eigenvalue weighted by Gasteiger charge is -2.39. The topological polar surface area (TPSA) is 77.8 Å². The van der Waals surface area contributed by atoms with Crippen LogP contribution in [-0.2, 0) is 11.2 Å². The van der Waals surface area contributed by atoms with E-state index in [1.807, 2.05) is 47.1 Å². The molecule has 0 bridgehead atoms. The number of carboxylic acid groups (broad SMARTS) is 1. The van der Waals surface area contributed by atoms with E-state index in [1.54, 1.807) is 7.11 Å². The lowest BCUT2D eigenvalue weighted by molar-refractivity contribution is 0.0693. The first-order valence-corrected chi connectivity index (χ1v) is 12.2. The lowest BCUT2D eigenvalue weighted by Crippen LogP contribution is -2.32. The van der Waals surface area contributed by atoms with Gasteiger partial charge in [0.1, 0.15) is 11.3 Å². The fourth-order valence-electron chi connectivity index (χ4n) is 4.72. The summed E-state index contributed by atoms with van der Waals surface area (Å²) in [5.74, 6) is -0.428. The Kier molecular flexibility index (Phi) is 7.45. The van der Waals surface area contributed by atoms with Gasteiger partial charge >= 0.3 is 5.97 Å². The molecule has 0 radical (unpaired) electrons. The van der Waals surface area contributed by atoms with Gasteiger partial charge in [-0.2, -0.15) is 0 Å². The maximum atomic E-state index is 12.8. The minimum Gasteiger partial charge on any atom is -0.493 e. The second-order valence-corrected chi connectivity index (χ2v) is 10.2. The third kappa shape index (κ3) is 5.29. The molecule has 1 aromatic heterocycles. The van der Waals surface area contributed by atoms with E-state index in [0.29, 0.717) is 19.6 Å². The molecule has 0 saturated heterocycles. The molecule has 4 rings (SSSR count). The van der Waals surface area contributed by atoms with Crippen LogP contribution in [0, 0.1) is 5.41 Å². The van der Waals surface area contributed by atoms with E-state index in [0.717, 1.165) is 40.1 Å². The van der Waals surface area contributed by atoms with Crippen molar-refractivity contribution in [3.05, 3.63) is 93.8 Å². The number of aromatic nitrogens is 1. The van der Waals surface area contributed by atoms with Crippen LogP contribution >= 0.6 is 0 Å². The van der Waals surface area contributed by atoms with Gasteiger partial charge < -0.3 is 19.1 Å². The van der Waals surface area contributed by atoms with Crippen LogP contribution in [0.25, 0.3) is 16.8 Å². The number of allylic oxidation sites excluding steroid dienone is 8. The average Bonchev–Trinajstić information content (AvgIpc) is 2.80. The Balaban J connectivity index is 1.92. The molecule has 2 aromatic rings. The molecule has 188 valence electrons. The molecule has 36 heavy (non-hydrogen) atoms. The number of benzene rings is 1. The summed E-state index contributed by atoms with van der Waals surface area (Å²) in [6.45, 7) is 7.53. The van der Waals surface area contributed by atoms with E-state index in [4.69, 9.17) is 9.47 Å². The van der Waals surface area contributed by atoms with Crippen LogP contribution in [0.15, 0.2) is 71.7 Å². The Morgan fingerprint density at radius 3 is 2.53 bits per heavy atom. The summed E-state index contributed by atoms with van der Waals surface area (Å²) < 4.78 is 13.4. The van der Waals surface area contributed by atoms with Crippen molar-refractivity contribution in [2.75, 3.05) is 20.3 Å². The number of carboxylic acids is 1. The summed E-state index contributed by atoms with van der Waals surface area (Å²) >= 11 is 0. The molecule has 0 fully saturated rings. The number of nitrogens with zero attached hydrogens (tertiary/aromatic N) is 1. The second kappa shape index (κ2) is 10.5. The zero-order valence-corrected chi connectivity index (χ0v) is 21.3. The molecule has 0 spiro atoms. The van der Waals surface area contributed by atoms with Gasteiger partial charge in [0, 0.05) is 49.6 Å². The second-order valence-electron chi connectivity index (χ2n) is 10.2. The van der Waals surface area contributed by atoms with Gasteiger partial charge in [-0.1, -0.05) is 63.3 Å². The van der Waals surface area contributed by atoms with Crippen molar-refractivity contribution in [2.45, 2.75) is 39.7 Å². The summed E-state index contributed by atoms with van der Waals surface area (Å²) in [5, 5.41) is 9.61. The van der Waals surface area contributed by atoms with Crippen LogP contribution in [0.4, 0.5) is 0 Å². The number of fused-ring (bicyclic) bond motifs is 3. The van der Waals surface area contributed by atoms with Crippen molar-refractivity contribution in [3.8, 4) is 17.0 Å². The first-order valence-electron chi connectivity index (χ1n) is 12.2. The highest BCUT2D eigenvalue weighted by Crippen LogP contribution is 2.45. The van der Waals surface area contributed by atoms with E-state index in [-0.39, 0.29) is 17.0 Å². The van der Waals surface area contributed by atoms with Crippen LogP contribution in [0.5, 0.6) is 5.75 Å². The highest BCUT2D eigenvalue weighted by Gasteiger charge is 2.34. The van der Waals surface area contributed by atoms with Crippen LogP contribution in [0.2, 0.25) is 0 Å². The first-order chi connectivity index (χ1) is 17.2. The Bertz CT molecular complexity index is 1330. The fraction of sp³-hybridized carbons (Fsp3) is 0.333. The Morgan fingerprint density at radius 2 is 1.81 bits per heavy atom. The molecule has 6 nitrogen and oxygen atoms in total. The van der Waals surface area contributed by atoms with E-state index in [9.17, 15) is 14.7 Å². The van der Waals surface area contributed by atoms with Crippen molar-refractivity contribution in [1.29, 1.82) is 0 Å². The standard InChI is InChI=1S/C30H33NO5/c1-30(2,3)28-16-21-15-27(36-14-10-13-35-4)23(20-11-8-6-5-7-9-12-20)17-22(21)25-18-26(32)24(29(33)34)19-31(25)28/h5-9,11-12,15,17-19,28H,10,13-14,16H2,1-4H3,(H,33,34)/b6-5-,7-5?,8-6?,9-7-,11-8?,12-9?,20-11?,20-12?/t28-/m0/s1. The summed E-state index contributed by atoms with van der Waals surface area (Å²) in [6, 6.07) is 5.59. The molecule has 0 unspecified atom stereocenters. The Morgan fingerprint density at radius 1 is 1.06 bits per heavy atom. The zero-order chi connectivity index (χ0) is 25.9. The molecular weight excluding hydrogens is 454 g/mol. The predicted molar refractivity (Wildman–Crippen MR) is 143 cm³/mol. The Hall–Kier alpha value is -3.64. The minimum absolute atomic E-state index is 0.0283. The number of hydrogen-bond acceptors (Lipinski definition) is 4. The minimum atomic E-state index is -1.21. The summed E-state index contributed by atoms with van der Waals surface area (Å²) in [7, 11) is 1.68. The van der Waals surface area contributed by atoms with Crippen LogP contribution in [-0.4, -0.2) is 36.0 Å². The molecule has 2 aliphatic rings. The molecular formula is C30H33NO5. The third-order valence-corrected chi connectivity index (χ3v) is 6.60. The third-order valence-electron chi connectivity index (χ3n) is 6.60. The van der Waals surface area contributed by atoms with E-state index in [1.165, 1.54) is 12.3 Å². The molecule has 1 aliphatic heterocycles. The number of carbonyl (C=O) groups is 1. The van der Waals surface area contributed by atoms with Gasteiger partial charge in [-0.25, -0.2) is 4.79 Å². The van der Waals surface area contributed by atoms with Gasteiger partial charge in [-0.3, -0.25) is 4.79 Å². The predicted octanol–water partition coefficient (Wildman–Crippen LogP) is 5.84. The molecule has 1 atom stereocenters. The molecule has 0 saturated carbocycles. The van der Waals surface area contributed by atoms with E-state index < -0.39 is 11.4 Å².